The Hall–Kier alpha value is -3.60. The Morgan fingerprint density at radius 2 is 0.947 bits per heavy atom. The largest absolute Gasteiger partial charge is 0.497 e. The van der Waals surface area contributed by atoms with Gasteiger partial charge in [-0.1, -0.05) is 38.9 Å². The number of ether oxygens (including phenoxy) is 1. The van der Waals surface area contributed by atoms with Gasteiger partial charge < -0.3 is 15.4 Å². The van der Waals surface area contributed by atoms with Gasteiger partial charge in [0.25, 0.3) is 0 Å². The highest BCUT2D eigenvalue weighted by atomic mass is 32.5. The van der Waals surface area contributed by atoms with E-state index >= 15 is 0 Å². The molecule has 0 unspecified atom stereocenters. The molecule has 208 valence electrons. The SMILES string of the molecule is COc1ccc2nc(Nc3ccc(S(F)(F)(F)(F)F)cc3)c(Nc3ccc(S(F)(F)(F)(F)F)cc3)nc2c1. The van der Waals surface area contributed by atoms with Crippen molar-refractivity contribution in [2.24, 2.45) is 0 Å². The second-order valence-corrected chi connectivity index (χ2v) is 12.8. The van der Waals surface area contributed by atoms with Gasteiger partial charge in [0.05, 0.1) is 18.1 Å². The molecule has 0 aliphatic heterocycles. The molecule has 1 heterocycles. The zero-order valence-corrected chi connectivity index (χ0v) is 20.4. The third kappa shape index (κ3) is 6.27. The van der Waals surface area contributed by atoms with Gasteiger partial charge in [-0.25, -0.2) is 9.97 Å². The van der Waals surface area contributed by atoms with Gasteiger partial charge in [0.1, 0.15) is 15.5 Å². The van der Waals surface area contributed by atoms with Crippen molar-refractivity contribution in [2.75, 3.05) is 17.7 Å². The molecule has 0 radical (unpaired) electrons. The minimum absolute atomic E-state index is 0.114. The maximum atomic E-state index is 13.0. The minimum atomic E-state index is -9.91. The van der Waals surface area contributed by atoms with Gasteiger partial charge in [-0.15, -0.1) is 0 Å². The number of hydrogen-bond donors (Lipinski definition) is 2. The second kappa shape index (κ2) is 7.28. The first-order valence-corrected chi connectivity index (χ1v) is 14.0. The lowest BCUT2D eigenvalue weighted by molar-refractivity contribution is 0.360. The number of hydrogen-bond acceptors (Lipinski definition) is 5. The molecule has 0 saturated carbocycles. The normalized spacial score (nSPS) is 16.1. The number of halogens is 10. The average Bonchev–Trinajstić information content (AvgIpc) is 2.77. The Morgan fingerprint density at radius 3 is 1.32 bits per heavy atom. The van der Waals surface area contributed by atoms with Crippen molar-refractivity contribution in [1.29, 1.82) is 0 Å². The Morgan fingerprint density at radius 1 is 0.553 bits per heavy atom. The van der Waals surface area contributed by atoms with Crippen molar-refractivity contribution in [3.05, 3.63) is 66.7 Å². The van der Waals surface area contributed by atoms with Crippen LogP contribution in [0.4, 0.5) is 61.9 Å². The van der Waals surface area contributed by atoms with Crippen molar-refractivity contribution in [3.63, 3.8) is 0 Å². The van der Waals surface area contributed by atoms with E-state index in [0.29, 0.717) is 5.75 Å². The first-order chi connectivity index (χ1) is 17.0. The molecule has 0 saturated heterocycles. The maximum absolute atomic E-state index is 13.0. The summed E-state index contributed by atoms with van der Waals surface area (Å²) in [6.07, 6.45) is 0. The molecule has 5 nitrogen and oxygen atoms in total. The molecule has 2 N–H and O–H groups in total. The molecule has 0 bridgehead atoms. The number of nitrogens with zero attached hydrogens (tertiary/aromatic N) is 2. The van der Waals surface area contributed by atoms with E-state index in [2.05, 4.69) is 20.6 Å². The molecule has 0 aliphatic carbocycles. The highest BCUT2D eigenvalue weighted by Crippen LogP contribution is 3.02. The summed E-state index contributed by atoms with van der Waals surface area (Å²) in [6, 6.07) is 8.05. The third-order valence-corrected chi connectivity index (χ3v) is 7.32. The number of methoxy groups -OCH3 is 1. The summed E-state index contributed by atoms with van der Waals surface area (Å²) in [6.45, 7) is 0. The molecule has 4 aromatic rings. The first kappa shape index (κ1) is 27.4. The van der Waals surface area contributed by atoms with Crippen molar-refractivity contribution in [2.45, 2.75) is 9.79 Å². The zero-order valence-electron chi connectivity index (χ0n) is 18.7. The van der Waals surface area contributed by atoms with Crippen molar-refractivity contribution >= 4 is 54.5 Å². The minimum Gasteiger partial charge on any atom is -0.497 e. The molecule has 0 atom stereocenters. The van der Waals surface area contributed by atoms with Crippen molar-refractivity contribution < 1.29 is 43.6 Å². The van der Waals surface area contributed by atoms with Gasteiger partial charge in [0.2, 0.25) is 0 Å². The lowest BCUT2D eigenvalue weighted by Crippen LogP contribution is -2.07. The zero-order chi connectivity index (χ0) is 28.3. The molecule has 0 aliphatic rings. The number of benzene rings is 3. The quantitative estimate of drug-likeness (QED) is 0.209. The fourth-order valence-electron chi connectivity index (χ4n) is 3.20. The number of rotatable bonds is 7. The number of aromatic nitrogens is 2. The van der Waals surface area contributed by atoms with E-state index in [9.17, 15) is 38.9 Å². The summed E-state index contributed by atoms with van der Waals surface area (Å²) in [7, 11) is -18.4. The summed E-state index contributed by atoms with van der Waals surface area (Å²) < 4.78 is 135. The molecular formula is C21H16F10N4OS2. The van der Waals surface area contributed by atoms with Crippen LogP contribution < -0.4 is 15.4 Å². The summed E-state index contributed by atoms with van der Waals surface area (Å²) in [5.41, 5.74) is 0.236. The number of fused-ring (bicyclic) bond motifs is 1. The molecule has 0 fully saturated rings. The summed E-state index contributed by atoms with van der Waals surface area (Å²) in [4.78, 5) is 4.32. The molecule has 0 amide bonds. The van der Waals surface area contributed by atoms with Crippen LogP contribution in [0.2, 0.25) is 0 Å². The predicted octanol–water partition coefficient (Wildman–Crippen LogP) is 10.4. The molecule has 4 rings (SSSR count). The van der Waals surface area contributed by atoms with Gasteiger partial charge in [0.15, 0.2) is 11.6 Å². The molecule has 38 heavy (non-hydrogen) atoms. The van der Waals surface area contributed by atoms with Crippen LogP contribution in [-0.4, -0.2) is 17.1 Å². The molecule has 3 aromatic carbocycles. The summed E-state index contributed by atoms with van der Waals surface area (Å²) in [5.74, 6) is 0.0208. The van der Waals surface area contributed by atoms with Gasteiger partial charge in [-0.2, -0.15) is 0 Å². The Balaban J connectivity index is 1.74. The van der Waals surface area contributed by atoms with Crippen LogP contribution in [0.25, 0.3) is 11.0 Å². The standard InChI is InChI=1S/C21H16F10N4OS2/c1-36-15-6-11-18-19(12-15)35-21(33-14-4-9-17(10-5-14)38(27,28,29,30)31)20(34-18)32-13-2-7-16(8-3-13)37(22,23,24,25)26/h2-12H,1H3,(H,32,34)(H,33,35). The van der Waals surface area contributed by atoms with E-state index in [4.69, 9.17) is 4.74 Å². The number of nitrogens with one attached hydrogen (secondary N) is 2. The Labute approximate surface area is 208 Å². The smallest absolute Gasteiger partial charge is 0.310 e. The monoisotopic (exact) mass is 594 g/mol. The topological polar surface area (TPSA) is 59.1 Å². The van der Waals surface area contributed by atoms with Crippen LogP contribution in [0.15, 0.2) is 76.5 Å². The molecular weight excluding hydrogens is 578 g/mol. The van der Waals surface area contributed by atoms with E-state index in [1.165, 1.54) is 25.3 Å². The van der Waals surface area contributed by atoms with Crippen molar-refractivity contribution in [3.8, 4) is 5.75 Å². The average molecular weight is 594 g/mol. The van der Waals surface area contributed by atoms with Gasteiger partial charge in [0, 0.05) is 17.4 Å². The van der Waals surface area contributed by atoms with Crippen LogP contribution in [0, 0.1) is 0 Å². The first-order valence-electron chi connectivity index (χ1n) is 10.1. The molecule has 17 heteroatoms. The predicted molar refractivity (Wildman–Crippen MR) is 128 cm³/mol. The van der Waals surface area contributed by atoms with Crippen LogP contribution in [-0.2, 0) is 0 Å². The van der Waals surface area contributed by atoms with Gasteiger partial charge in [-0.3, -0.25) is 0 Å². The van der Waals surface area contributed by atoms with Gasteiger partial charge in [-0.05, 0) is 60.7 Å². The fraction of sp³-hybridized carbons (Fsp3) is 0.0476. The van der Waals surface area contributed by atoms with Crippen LogP contribution in [0.3, 0.4) is 0 Å². The van der Waals surface area contributed by atoms with E-state index in [1.54, 1.807) is 0 Å². The second-order valence-electron chi connectivity index (χ2n) is 8.01. The molecule has 1 aromatic heterocycles. The van der Waals surface area contributed by atoms with Crippen LogP contribution >= 0.6 is 20.4 Å². The highest BCUT2D eigenvalue weighted by Gasteiger charge is 2.66. The maximum Gasteiger partial charge on any atom is 0.310 e. The Bertz CT molecular complexity index is 1550. The van der Waals surface area contributed by atoms with E-state index in [-0.39, 0.29) is 58.3 Å². The fourth-order valence-corrected chi connectivity index (χ4v) is 4.50. The summed E-state index contributed by atoms with van der Waals surface area (Å²) in [5, 5.41) is 5.21. The lowest BCUT2D eigenvalue weighted by atomic mass is 10.2. The highest BCUT2D eigenvalue weighted by molar-refractivity contribution is 8.46. The molecule has 0 spiro atoms. The van der Waals surface area contributed by atoms with E-state index < -0.39 is 30.2 Å². The Kier molecular flexibility index (Phi) is 5.26. The van der Waals surface area contributed by atoms with Crippen LogP contribution in [0.5, 0.6) is 5.75 Å². The summed E-state index contributed by atoms with van der Waals surface area (Å²) >= 11 is 0. The van der Waals surface area contributed by atoms with Crippen molar-refractivity contribution in [1.82, 2.24) is 9.97 Å². The number of anilines is 4. The van der Waals surface area contributed by atoms with E-state index in [1.807, 2.05) is 0 Å². The van der Waals surface area contributed by atoms with Gasteiger partial charge >= 0.3 is 20.4 Å². The van der Waals surface area contributed by atoms with E-state index in [0.717, 1.165) is 24.3 Å². The van der Waals surface area contributed by atoms with Crippen LogP contribution in [0.1, 0.15) is 0 Å². The lowest BCUT2D eigenvalue weighted by Gasteiger charge is -2.40. The third-order valence-electron chi connectivity index (χ3n) is 5.00.